The van der Waals surface area contributed by atoms with E-state index in [1.807, 2.05) is 80.9 Å². The van der Waals surface area contributed by atoms with E-state index in [9.17, 15) is 29.3 Å². The lowest BCUT2D eigenvalue weighted by Crippen LogP contribution is -2.32. The molecule has 4 aromatic carbocycles. The molecule has 19 heteroatoms. The predicted molar refractivity (Wildman–Crippen MR) is 236 cm³/mol. The van der Waals surface area contributed by atoms with Crippen molar-refractivity contribution in [1.82, 2.24) is 40.3 Å². The molecule has 4 heterocycles. The maximum Gasteiger partial charge on any atom is 0.285 e. The number of fused-ring (bicyclic) bond motifs is 3. The third-order valence-electron chi connectivity index (χ3n) is 8.31. The summed E-state index contributed by atoms with van der Waals surface area (Å²) in [5.41, 5.74) is 4.71. The Morgan fingerprint density at radius 2 is 1.00 bits per heavy atom. The molecule has 1 fully saturated rings. The highest BCUT2D eigenvalue weighted by Gasteiger charge is 2.37. The van der Waals surface area contributed by atoms with Crippen molar-refractivity contribution >= 4 is 51.4 Å². The minimum Gasteiger partial charge on any atom is -0.491 e. The predicted octanol–water partition coefficient (Wildman–Crippen LogP) is 7.76. The molecule has 2 aromatic heterocycles. The Labute approximate surface area is 370 Å². The highest BCUT2D eigenvalue weighted by molar-refractivity contribution is 6.20. The van der Waals surface area contributed by atoms with Gasteiger partial charge in [0.1, 0.15) is 28.4 Å². The van der Waals surface area contributed by atoms with E-state index in [2.05, 4.69) is 34.5 Å². The van der Waals surface area contributed by atoms with Crippen LogP contribution in [0.25, 0.3) is 22.1 Å². The van der Waals surface area contributed by atoms with Gasteiger partial charge in [-0.15, -0.1) is 15.3 Å². The van der Waals surface area contributed by atoms with Crippen LogP contribution in [0.15, 0.2) is 97.1 Å². The van der Waals surface area contributed by atoms with E-state index in [0.717, 1.165) is 32.2 Å². The average molecular weight is 882 g/mol. The molecule has 340 valence electrons. The number of nitro benzene ring substituents is 1. The SMILES string of the molecule is CC(C)ON1C(=O)CCC1=O.CC(C)ON1C(=O)c2ccccc2C1=O.CC(C)Oc1ccc([N+](=O)[O-])cc1.CC(C)On1nnc2ccccc21.CC(C)n1nnc2ccccc21. The molecule has 0 saturated carbocycles. The Balaban J connectivity index is 0.000000176. The molecule has 0 N–H and O–H groups in total. The van der Waals surface area contributed by atoms with Gasteiger partial charge in [0.05, 0.1) is 39.9 Å². The molecule has 0 spiro atoms. The lowest BCUT2D eigenvalue weighted by molar-refractivity contribution is -0.384. The van der Waals surface area contributed by atoms with Crippen molar-refractivity contribution in [3.63, 3.8) is 0 Å². The standard InChI is InChI=1S/C11H11NO3.C9H11N3O.C9H11N3.C9H11NO3.C7H11NO3/c1-7(2)15-12-10(13)8-5-3-4-6-9(8)11(12)14;1-7(2)13-12-9-6-4-3-5-8(9)10-11-12;1-7(2)12-9-6-4-3-5-8(9)10-11-12;1-7(2)13-9-5-3-8(4-6-9)10(11)12;1-5(2)11-8-6(9)3-4-7(8)10/h3-7H,1-2H3;3-7H,1-2H3;3-7H,1-2H3;3-7H,1-2H3;5H,3-4H2,1-2H3. The van der Waals surface area contributed by atoms with Gasteiger partial charge in [-0.1, -0.05) is 46.5 Å². The number of nitro groups is 1. The number of para-hydroxylation sites is 2. The highest BCUT2D eigenvalue weighted by Crippen LogP contribution is 2.23. The van der Waals surface area contributed by atoms with E-state index >= 15 is 0 Å². The summed E-state index contributed by atoms with van der Waals surface area (Å²) in [6.07, 6.45) is 0.427. The number of rotatable bonds is 10. The van der Waals surface area contributed by atoms with Crippen LogP contribution in [0, 0.1) is 10.1 Å². The van der Waals surface area contributed by atoms with Crippen molar-refractivity contribution in [2.75, 3.05) is 0 Å². The molecule has 0 unspecified atom stereocenters. The van der Waals surface area contributed by atoms with Crippen LogP contribution < -0.4 is 9.57 Å². The fourth-order valence-electron chi connectivity index (χ4n) is 5.67. The van der Waals surface area contributed by atoms with Gasteiger partial charge in [-0.2, -0.15) is 5.06 Å². The van der Waals surface area contributed by atoms with Crippen molar-refractivity contribution in [1.29, 1.82) is 0 Å². The number of carbonyl (C=O) groups is 4. The zero-order chi connectivity index (χ0) is 47.1. The second-order valence-electron chi connectivity index (χ2n) is 15.5. The van der Waals surface area contributed by atoms with Crippen molar-refractivity contribution in [2.24, 2.45) is 0 Å². The molecule has 0 atom stereocenters. The number of carbonyl (C=O) groups excluding carboxylic acids is 4. The number of amides is 4. The fourth-order valence-corrected chi connectivity index (χ4v) is 5.67. The summed E-state index contributed by atoms with van der Waals surface area (Å²) in [6.45, 7) is 19.0. The molecule has 1 saturated heterocycles. The maximum atomic E-state index is 11.7. The summed E-state index contributed by atoms with van der Waals surface area (Å²) in [4.78, 5) is 72.1. The molecule has 64 heavy (non-hydrogen) atoms. The normalized spacial score (nSPS) is 13.1. The average Bonchev–Trinajstić information content (AvgIpc) is 4.01. The van der Waals surface area contributed by atoms with Crippen LogP contribution in [0.3, 0.4) is 0 Å². The Hall–Kier alpha value is -7.12. The first-order chi connectivity index (χ1) is 30.4. The second kappa shape index (κ2) is 23.4. The van der Waals surface area contributed by atoms with Crippen LogP contribution in [0.2, 0.25) is 0 Å². The number of imide groups is 2. The molecular weight excluding hydrogens is 827 g/mol. The van der Waals surface area contributed by atoms with E-state index in [4.69, 9.17) is 19.2 Å². The van der Waals surface area contributed by atoms with E-state index in [0.29, 0.717) is 22.9 Å². The van der Waals surface area contributed by atoms with Crippen LogP contribution in [0.5, 0.6) is 5.75 Å². The first-order valence-electron chi connectivity index (χ1n) is 20.7. The molecule has 2 aliphatic heterocycles. The lowest BCUT2D eigenvalue weighted by Gasteiger charge is -2.15. The fraction of sp³-hybridized carbons (Fsp3) is 0.378. The summed E-state index contributed by atoms with van der Waals surface area (Å²) in [5, 5.41) is 27.9. The van der Waals surface area contributed by atoms with Gasteiger partial charge >= 0.3 is 0 Å². The molecule has 19 nitrogen and oxygen atoms in total. The lowest BCUT2D eigenvalue weighted by atomic mass is 10.1. The summed E-state index contributed by atoms with van der Waals surface area (Å²) >= 11 is 0. The van der Waals surface area contributed by atoms with Crippen molar-refractivity contribution in [3.8, 4) is 5.75 Å². The number of non-ortho nitro benzene ring substituents is 1. The van der Waals surface area contributed by atoms with Gasteiger partial charge in [0.25, 0.3) is 29.3 Å². The zero-order valence-corrected chi connectivity index (χ0v) is 37.6. The first kappa shape index (κ1) is 49.5. The van der Waals surface area contributed by atoms with Crippen molar-refractivity contribution in [2.45, 2.75) is 113 Å². The Morgan fingerprint density at radius 3 is 1.48 bits per heavy atom. The topological polar surface area (TPSA) is 216 Å². The number of hydrogen-bond acceptors (Lipinski definition) is 14. The number of benzene rings is 4. The monoisotopic (exact) mass is 881 g/mol. The Morgan fingerprint density at radius 1 is 0.547 bits per heavy atom. The molecule has 6 aromatic rings. The number of aromatic nitrogens is 6. The summed E-state index contributed by atoms with van der Waals surface area (Å²) in [6, 6.07) is 28.8. The van der Waals surface area contributed by atoms with E-state index in [-0.39, 0.29) is 66.6 Å². The molecule has 0 bridgehead atoms. The van der Waals surface area contributed by atoms with Gasteiger partial charge in [0.2, 0.25) is 0 Å². The quantitative estimate of drug-likeness (QED) is 0.0730. The molecule has 8 rings (SSSR count). The minimum atomic E-state index is -0.431. The van der Waals surface area contributed by atoms with Gasteiger partial charge in [0.15, 0.2) is 0 Å². The number of nitrogens with zero attached hydrogens (tertiary/aromatic N) is 9. The van der Waals surface area contributed by atoms with Crippen LogP contribution in [-0.2, 0) is 19.3 Å². The first-order valence-corrected chi connectivity index (χ1v) is 20.7. The third-order valence-corrected chi connectivity index (χ3v) is 8.31. The number of ether oxygens (including phenoxy) is 1. The Bertz CT molecular complexity index is 2450. The summed E-state index contributed by atoms with van der Waals surface area (Å²) in [7, 11) is 0. The third kappa shape index (κ3) is 13.9. The van der Waals surface area contributed by atoms with Gasteiger partial charge in [-0.3, -0.25) is 39.0 Å². The molecule has 0 aliphatic carbocycles. The van der Waals surface area contributed by atoms with Gasteiger partial charge in [-0.05, 0) is 123 Å². The number of hydrogen-bond donors (Lipinski definition) is 0. The van der Waals surface area contributed by atoms with Crippen LogP contribution in [0.1, 0.15) is 109 Å². The van der Waals surface area contributed by atoms with E-state index in [1.54, 1.807) is 64.1 Å². The Kier molecular flexibility index (Phi) is 18.1. The number of hydroxylamine groups is 4. The van der Waals surface area contributed by atoms with Gasteiger partial charge < -0.3 is 9.57 Å². The second-order valence-corrected chi connectivity index (χ2v) is 15.5. The molecule has 2 aliphatic rings. The summed E-state index contributed by atoms with van der Waals surface area (Å²) in [5.74, 6) is -0.582. The summed E-state index contributed by atoms with van der Waals surface area (Å²) < 4.78 is 7.25. The van der Waals surface area contributed by atoms with E-state index < -0.39 is 4.92 Å². The van der Waals surface area contributed by atoms with Crippen LogP contribution in [-0.4, -0.2) is 93.2 Å². The molecule has 0 radical (unpaired) electrons. The van der Waals surface area contributed by atoms with Crippen LogP contribution >= 0.6 is 0 Å². The van der Waals surface area contributed by atoms with Crippen molar-refractivity contribution in [3.05, 3.63) is 118 Å². The minimum absolute atomic E-state index is 0.0797. The van der Waals surface area contributed by atoms with E-state index in [1.165, 1.54) is 17.0 Å². The van der Waals surface area contributed by atoms with Crippen molar-refractivity contribution < 1.29 is 43.4 Å². The van der Waals surface area contributed by atoms with Crippen LogP contribution in [0.4, 0.5) is 5.69 Å². The highest BCUT2D eigenvalue weighted by atomic mass is 16.7. The zero-order valence-electron chi connectivity index (χ0n) is 37.6. The smallest absolute Gasteiger partial charge is 0.285 e. The van der Waals surface area contributed by atoms with Gasteiger partial charge in [0, 0.05) is 31.0 Å². The maximum absolute atomic E-state index is 11.7. The van der Waals surface area contributed by atoms with Gasteiger partial charge in [-0.25, -0.2) is 4.68 Å². The molecule has 4 amide bonds. The largest absolute Gasteiger partial charge is 0.491 e. The molecular formula is C45H55N9O10.